The minimum absolute atomic E-state index is 0.0378. The highest BCUT2D eigenvalue weighted by Crippen LogP contribution is 2.32. The Morgan fingerprint density at radius 1 is 1.21 bits per heavy atom. The number of nitrogens with zero attached hydrogens (tertiary/aromatic N) is 1. The number of rotatable bonds is 6. The molecule has 0 atom stereocenters. The van der Waals surface area contributed by atoms with Gasteiger partial charge in [0.2, 0.25) is 5.91 Å². The maximum atomic E-state index is 12.3. The molecule has 4 nitrogen and oxygen atoms in total. The molecule has 1 heterocycles. The molecule has 0 aliphatic carbocycles. The summed E-state index contributed by atoms with van der Waals surface area (Å²) in [5.41, 5.74) is 4.64. The van der Waals surface area contributed by atoms with Crippen molar-refractivity contribution in [3.63, 3.8) is 0 Å². The lowest BCUT2D eigenvalue weighted by atomic mass is 9.87. The van der Waals surface area contributed by atoms with Crippen LogP contribution in [-0.4, -0.2) is 17.5 Å². The second-order valence-electron chi connectivity index (χ2n) is 8.34. The van der Waals surface area contributed by atoms with Crippen molar-refractivity contribution >= 4 is 48.5 Å². The number of anilines is 1. The van der Waals surface area contributed by atoms with Gasteiger partial charge in [0.25, 0.3) is 0 Å². The zero-order chi connectivity index (χ0) is 21.2. The van der Waals surface area contributed by atoms with Crippen LogP contribution in [0.15, 0.2) is 34.8 Å². The van der Waals surface area contributed by atoms with E-state index in [0.717, 1.165) is 26.0 Å². The summed E-state index contributed by atoms with van der Waals surface area (Å²) in [5.74, 6) is 0.764. The van der Waals surface area contributed by atoms with Gasteiger partial charge in [0.05, 0.1) is 21.3 Å². The molecular weight excluding hydrogens is 448 g/mol. The minimum Gasteiger partial charge on any atom is -0.492 e. The van der Waals surface area contributed by atoms with Crippen LogP contribution in [0.5, 0.6) is 5.75 Å². The van der Waals surface area contributed by atoms with E-state index in [1.165, 1.54) is 22.5 Å². The Hall–Kier alpha value is -1.92. The predicted octanol–water partition coefficient (Wildman–Crippen LogP) is 6.77. The quantitative estimate of drug-likeness (QED) is 0.400. The first-order chi connectivity index (χ1) is 13.6. The Bertz CT molecular complexity index is 1040. The molecule has 6 heteroatoms. The largest absolute Gasteiger partial charge is 0.492 e. The van der Waals surface area contributed by atoms with Gasteiger partial charge in [0.15, 0.2) is 5.13 Å². The molecule has 1 amide bonds. The predicted molar refractivity (Wildman–Crippen MR) is 125 cm³/mol. The summed E-state index contributed by atoms with van der Waals surface area (Å²) in [4.78, 5) is 16.8. The third kappa shape index (κ3) is 5.58. The molecule has 2 aromatic carbocycles. The molecule has 3 aromatic rings. The van der Waals surface area contributed by atoms with E-state index in [1.807, 2.05) is 13.0 Å². The third-order valence-corrected chi connectivity index (χ3v) is 6.22. The molecule has 3 rings (SSSR count). The second-order valence-corrected chi connectivity index (χ2v) is 10.2. The maximum Gasteiger partial charge on any atom is 0.226 e. The van der Waals surface area contributed by atoms with Crippen molar-refractivity contribution in [2.24, 2.45) is 0 Å². The van der Waals surface area contributed by atoms with Crippen LogP contribution in [0, 0.1) is 13.8 Å². The van der Waals surface area contributed by atoms with E-state index in [2.05, 4.69) is 78.2 Å². The number of hydrogen-bond acceptors (Lipinski definition) is 4. The summed E-state index contributed by atoms with van der Waals surface area (Å²) in [6.45, 7) is 11.1. The molecule has 0 unspecified atom stereocenters. The molecule has 0 saturated carbocycles. The van der Waals surface area contributed by atoms with Crippen LogP contribution in [-0.2, 0) is 10.2 Å². The van der Waals surface area contributed by atoms with Gasteiger partial charge in [-0.1, -0.05) is 44.2 Å². The van der Waals surface area contributed by atoms with E-state index < -0.39 is 0 Å². The summed E-state index contributed by atoms with van der Waals surface area (Å²) >= 11 is 5.10. The zero-order valence-electron chi connectivity index (χ0n) is 17.6. The smallest absolute Gasteiger partial charge is 0.226 e. The molecular formula is C23H27BrN2O2S. The number of aryl methyl sites for hydroxylation is 2. The lowest BCUT2D eigenvalue weighted by molar-refractivity contribution is -0.116. The van der Waals surface area contributed by atoms with E-state index >= 15 is 0 Å². The molecule has 0 aliphatic rings. The highest BCUT2D eigenvalue weighted by molar-refractivity contribution is 9.10. The number of amides is 1. The summed E-state index contributed by atoms with van der Waals surface area (Å²) in [7, 11) is 0. The number of fused-ring (bicyclic) bond motifs is 1. The number of halogens is 1. The van der Waals surface area contributed by atoms with Crippen molar-refractivity contribution in [2.45, 2.75) is 52.9 Å². The fourth-order valence-corrected chi connectivity index (χ4v) is 4.66. The molecule has 0 saturated heterocycles. The van der Waals surface area contributed by atoms with Gasteiger partial charge in [0.1, 0.15) is 5.75 Å². The van der Waals surface area contributed by atoms with Gasteiger partial charge in [-0.3, -0.25) is 4.79 Å². The average Bonchev–Trinajstić information content (AvgIpc) is 3.01. The fraction of sp³-hybridized carbons (Fsp3) is 0.391. The minimum atomic E-state index is -0.0378. The first-order valence-corrected chi connectivity index (χ1v) is 11.3. The number of benzene rings is 2. The number of carbonyl (C=O) groups excluding carboxylic acids is 1. The highest BCUT2D eigenvalue weighted by Gasteiger charge is 2.15. The van der Waals surface area contributed by atoms with Crippen LogP contribution in [0.25, 0.3) is 10.2 Å². The normalized spacial score (nSPS) is 11.7. The lowest BCUT2D eigenvalue weighted by Crippen LogP contribution is -2.13. The van der Waals surface area contributed by atoms with Gasteiger partial charge >= 0.3 is 0 Å². The Kier molecular flexibility index (Phi) is 6.64. The van der Waals surface area contributed by atoms with E-state index in [9.17, 15) is 4.79 Å². The average molecular weight is 475 g/mol. The number of ether oxygens (including phenoxy) is 1. The Labute approximate surface area is 184 Å². The summed E-state index contributed by atoms with van der Waals surface area (Å²) in [5, 5.41) is 3.57. The van der Waals surface area contributed by atoms with Crippen LogP contribution in [0.1, 0.15) is 50.3 Å². The van der Waals surface area contributed by atoms with Crippen molar-refractivity contribution in [3.8, 4) is 5.75 Å². The van der Waals surface area contributed by atoms with Gasteiger partial charge < -0.3 is 10.1 Å². The number of thiazole rings is 1. The van der Waals surface area contributed by atoms with Crippen molar-refractivity contribution in [1.82, 2.24) is 4.98 Å². The van der Waals surface area contributed by atoms with Crippen molar-refractivity contribution in [1.29, 1.82) is 0 Å². The molecule has 0 fully saturated rings. The van der Waals surface area contributed by atoms with Crippen molar-refractivity contribution < 1.29 is 9.53 Å². The molecule has 0 radical (unpaired) electrons. The molecule has 1 aromatic heterocycles. The van der Waals surface area contributed by atoms with E-state index in [-0.39, 0.29) is 11.3 Å². The fourth-order valence-electron chi connectivity index (χ4n) is 3.11. The van der Waals surface area contributed by atoms with Gasteiger partial charge in [-0.15, -0.1) is 0 Å². The first kappa shape index (κ1) is 21.8. The SMILES string of the molecule is Cc1cc(C)c2nc(NC(=O)CCCOc3ccc(C(C)(C)C)cc3Br)sc2c1. The molecule has 0 aliphatic heterocycles. The summed E-state index contributed by atoms with van der Waals surface area (Å²) in [6.07, 6.45) is 1.04. The molecule has 0 spiro atoms. The second kappa shape index (κ2) is 8.84. The molecule has 1 N–H and O–H groups in total. The van der Waals surface area contributed by atoms with Crippen LogP contribution < -0.4 is 10.1 Å². The monoisotopic (exact) mass is 474 g/mol. The van der Waals surface area contributed by atoms with E-state index in [4.69, 9.17) is 4.74 Å². The number of nitrogens with one attached hydrogen (secondary N) is 1. The van der Waals surface area contributed by atoms with Crippen molar-refractivity contribution in [3.05, 3.63) is 51.5 Å². The highest BCUT2D eigenvalue weighted by atomic mass is 79.9. The van der Waals surface area contributed by atoms with Gasteiger partial charge in [-0.05, 0) is 76.5 Å². The molecule has 0 bridgehead atoms. The zero-order valence-corrected chi connectivity index (χ0v) is 20.0. The maximum absolute atomic E-state index is 12.3. The van der Waals surface area contributed by atoms with E-state index in [1.54, 1.807) is 0 Å². The number of hydrogen-bond donors (Lipinski definition) is 1. The van der Waals surface area contributed by atoms with Gasteiger partial charge in [-0.2, -0.15) is 0 Å². The van der Waals surface area contributed by atoms with Crippen LogP contribution in [0.4, 0.5) is 5.13 Å². The topological polar surface area (TPSA) is 51.2 Å². The van der Waals surface area contributed by atoms with Gasteiger partial charge in [0, 0.05) is 6.42 Å². The Morgan fingerprint density at radius 3 is 2.66 bits per heavy atom. The van der Waals surface area contributed by atoms with Crippen molar-refractivity contribution in [2.75, 3.05) is 11.9 Å². The lowest BCUT2D eigenvalue weighted by Gasteiger charge is -2.20. The van der Waals surface area contributed by atoms with Crippen LogP contribution in [0.2, 0.25) is 0 Å². The standard InChI is InChI=1S/C23H27BrN2O2S/c1-14-11-15(2)21-19(12-14)29-22(26-21)25-20(27)7-6-10-28-18-9-8-16(13-17(18)24)23(3,4)5/h8-9,11-13H,6-7,10H2,1-5H3,(H,25,26,27). The summed E-state index contributed by atoms with van der Waals surface area (Å²) < 4.78 is 7.88. The Morgan fingerprint density at radius 2 is 1.97 bits per heavy atom. The molecule has 154 valence electrons. The van der Waals surface area contributed by atoms with Crippen LogP contribution >= 0.6 is 27.3 Å². The number of carbonyl (C=O) groups is 1. The van der Waals surface area contributed by atoms with E-state index in [0.29, 0.717) is 24.6 Å². The van der Waals surface area contributed by atoms with Gasteiger partial charge in [-0.25, -0.2) is 4.98 Å². The summed E-state index contributed by atoms with van der Waals surface area (Å²) in [6, 6.07) is 10.4. The molecule has 29 heavy (non-hydrogen) atoms. The third-order valence-electron chi connectivity index (χ3n) is 4.68. The van der Waals surface area contributed by atoms with Crippen LogP contribution in [0.3, 0.4) is 0 Å². The Balaban J connectivity index is 1.50. The first-order valence-electron chi connectivity index (χ1n) is 9.74. The number of aromatic nitrogens is 1.